The van der Waals surface area contributed by atoms with Gasteiger partial charge in [0.15, 0.2) is 0 Å². The fourth-order valence-electron chi connectivity index (χ4n) is 3.71. The number of aliphatic imine (C=N–C) groups is 2. The first-order chi connectivity index (χ1) is 18.7. The van der Waals surface area contributed by atoms with Crippen LogP contribution in [0.5, 0.6) is 5.75 Å². The summed E-state index contributed by atoms with van der Waals surface area (Å²) in [7, 11) is 0. The van der Waals surface area contributed by atoms with Crippen LogP contribution in [0.15, 0.2) is 81.8 Å². The van der Waals surface area contributed by atoms with E-state index in [-0.39, 0.29) is 11.6 Å². The Morgan fingerprint density at radius 3 is 2.54 bits per heavy atom. The van der Waals surface area contributed by atoms with Crippen LogP contribution in [0.1, 0.15) is 23.1 Å². The van der Waals surface area contributed by atoms with Crippen molar-refractivity contribution in [2.45, 2.75) is 19.7 Å². The van der Waals surface area contributed by atoms with Crippen LogP contribution in [0.4, 0.5) is 24.5 Å². The Morgan fingerprint density at radius 1 is 1.10 bits per heavy atom. The standard InChI is InChI=1S/C27H24ClF3N6OS/c1-18-4-2-5-23(28)24(18)37-14-3-15-39-26(37)36-35-16-19-6-8-20(9-7-19)25(32)34-17-33-21-10-12-22(13-11-21)38-27(29,30)31/h2,4-13,16-17H,3,14-15H2,1H3,(H2,32,33,34)/p+1/b35-16+. The molecule has 0 radical (unpaired) electrons. The maximum absolute atomic E-state index is 12.3. The van der Waals surface area contributed by atoms with Gasteiger partial charge in [-0.3, -0.25) is 0 Å². The first-order valence-corrected chi connectivity index (χ1v) is 13.2. The van der Waals surface area contributed by atoms with E-state index in [0.29, 0.717) is 16.3 Å². The molecule has 0 aliphatic carbocycles. The normalized spacial score (nSPS) is 14.8. The first-order valence-electron chi connectivity index (χ1n) is 11.8. The number of amidine groups is 2. The molecule has 12 heteroatoms. The molecule has 202 valence electrons. The van der Waals surface area contributed by atoms with E-state index in [1.807, 2.05) is 37.3 Å². The van der Waals surface area contributed by atoms with Crippen LogP contribution >= 0.6 is 23.4 Å². The van der Waals surface area contributed by atoms with Crippen molar-refractivity contribution in [3.05, 3.63) is 88.4 Å². The molecule has 4 rings (SSSR count). The molecule has 7 nitrogen and oxygen atoms in total. The third-order valence-electron chi connectivity index (χ3n) is 5.52. The average molecular weight is 574 g/mol. The van der Waals surface area contributed by atoms with Crippen molar-refractivity contribution in [3.63, 3.8) is 0 Å². The number of hydrazone groups is 1. The van der Waals surface area contributed by atoms with Crippen molar-refractivity contribution in [2.24, 2.45) is 20.8 Å². The molecule has 0 amide bonds. The van der Waals surface area contributed by atoms with E-state index in [0.717, 1.165) is 40.7 Å². The first kappa shape index (κ1) is 28.2. The van der Waals surface area contributed by atoms with E-state index in [1.165, 1.54) is 30.6 Å². The third kappa shape index (κ3) is 8.08. The van der Waals surface area contributed by atoms with E-state index in [1.54, 1.807) is 30.1 Å². The molecular weight excluding hydrogens is 549 g/mol. The number of alkyl halides is 3. The van der Waals surface area contributed by atoms with Gasteiger partial charge in [-0.1, -0.05) is 53.1 Å². The van der Waals surface area contributed by atoms with E-state index >= 15 is 0 Å². The van der Waals surface area contributed by atoms with Crippen LogP contribution in [0, 0.1) is 6.92 Å². The highest BCUT2D eigenvalue weighted by atomic mass is 35.5. The van der Waals surface area contributed by atoms with Gasteiger partial charge in [-0.05, 0) is 66.6 Å². The molecule has 0 bridgehead atoms. The summed E-state index contributed by atoms with van der Waals surface area (Å²) in [6, 6.07) is 18.3. The number of nitrogens with one attached hydrogen (secondary N) is 1. The molecule has 0 fully saturated rings. The van der Waals surface area contributed by atoms with Gasteiger partial charge in [0.1, 0.15) is 23.6 Å². The molecule has 0 saturated carbocycles. The van der Waals surface area contributed by atoms with Gasteiger partial charge in [0.2, 0.25) is 0 Å². The Labute approximate surface area is 233 Å². The molecule has 3 aromatic carbocycles. The highest BCUT2D eigenvalue weighted by Gasteiger charge is 2.31. The highest BCUT2D eigenvalue weighted by Crippen LogP contribution is 2.31. The van der Waals surface area contributed by atoms with Gasteiger partial charge in [-0.15, -0.1) is 18.6 Å². The number of rotatable bonds is 7. The average Bonchev–Trinajstić information content (AvgIpc) is 2.90. The number of hydrogen-bond acceptors (Lipinski definition) is 5. The Kier molecular flexibility index (Phi) is 9.26. The molecule has 1 aliphatic heterocycles. The van der Waals surface area contributed by atoms with Gasteiger partial charge >= 0.3 is 11.5 Å². The Morgan fingerprint density at radius 2 is 1.85 bits per heavy atom. The maximum atomic E-state index is 12.3. The van der Waals surface area contributed by atoms with Crippen LogP contribution in [0.25, 0.3) is 0 Å². The summed E-state index contributed by atoms with van der Waals surface area (Å²) in [6.45, 7) is 2.89. The number of hydrogen-bond donors (Lipinski definition) is 2. The number of aryl methyl sites for hydroxylation is 1. The molecule has 0 spiro atoms. The zero-order chi connectivity index (χ0) is 27.8. The van der Waals surface area contributed by atoms with Crippen molar-refractivity contribution in [3.8, 4) is 5.75 Å². The fourth-order valence-corrected chi connectivity index (χ4v) is 4.96. The predicted octanol–water partition coefficient (Wildman–Crippen LogP) is 6.37. The molecule has 1 aliphatic rings. The number of para-hydroxylation sites is 1. The quantitative estimate of drug-likeness (QED) is 0.149. The van der Waals surface area contributed by atoms with E-state index in [2.05, 4.69) is 29.8 Å². The largest absolute Gasteiger partial charge is 0.573 e. The number of ether oxygens (including phenoxy) is 1. The molecule has 3 N–H and O–H groups in total. The highest BCUT2D eigenvalue weighted by molar-refractivity contribution is 8.13. The molecule has 0 unspecified atom stereocenters. The van der Waals surface area contributed by atoms with Crippen molar-refractivity contribution < 1.29 is 22.5 Å². The zero-order valence-electron chi connectivity index (χ0n) is 20.8. The van der Waals surface area contributed by atoms with Gasteiger partial charge < -0.3 is 10.5 Å². The van der Waals surface area contributed by atoms with Crippen LogP contribution in [0.2, 0.25) is 5.02 Å². The van der Waals surface area contributed by atoms with Crippen molar-refractivity contribution in [1.82, 2.24) is 5.43 Å². The summed E-state index contributed by atoms with van der Waals surface area (Å²) in [5.74, 6) is 0.899. The van der Waals surface area contributed by atoms with Gasteiger partial charge in [0.25, 0.3) is 0 Å². The lowest BCUT2D eigenvalue weighted by Gasteiger charge is -2.17. The maximum Gasteiger partial charge on any atom is 0.573 e. The molecule has 3 aromatic rings. The fraction of sp³-hybridized carbons (Fsp3) is 0.185. The minimum atomic E-state index is -4.74. The number of thioether (sulfide) groups is 1. The summed E-state index contributed by atoms with van der Waals surface area (Å²) >= 11 is 8.19. The Hall–Kier alpha value is -3.83. The summed E-state index contributed by atoms with van der Waals surface area (Å²) in [5, 5.41) is 6.03. The second-order valence-electron chi connectivity index (χ2n) is 8.36. The van der Waals surface area contributed by atoms with E-state index < -0.39 is 6.36 Å². The number of halogens is 4. The molecule has 0 atom stereocenters. The lowest BCUT2D eigenvalue weighted by molar-refractivity contribution is -0.441. The van der Waals surface area contributed by atoms with Crippen LogP contribution in [-0.4, -0.2) is 46.8 Å². The van der Waals surface area contributed by atoms with Crippen molar-refractivity contribution >= 4 is 58.3 Å². The van der Waals surface area contributed by atoms with Crippen LogP contribution in [-0.2, 0) is 0 Å². The minimum Gasteiger partial charge on any atom is -0.406 e. The number of nitrogens with two attached hydrogens (primary N) is 1. The molecular formula is C27H25ClF3N6OS+. The second-order valence-corrected chi connectivity index (χ2v) is 9.85. The molecule has 0 aromatic heterocycles. The number of nitrogens with zero attached hydrogens (tertiary/aromatic N) is 4. The molecule has 1 heterocycles. The summed E-state index contributed by atoms with van der Waals surface area (Å²) in [4.78, 5) is 8.17. The molecule has 0 saturated heterocycles. The van der Waals surface area contributed by atoms with Gasteiger partial charge in [-0.25, -0.2) is 14.6 Å². The number of benzene rings is 3. The van der Waals surface area contributed by atoms with Crippen molar-refractivity contribution in [1.29, 1.82) is 0 Å². The third-order valence-corrected chi connectivity index (χ3v) is 6.91. The van der Waals surface area contributed by atoms with E-state index in [9.17, 15) is 13.2 Å². The van der Waals surface area contributed by atoms with Gasteiger partial charge in [0, 0.05) is 11.3 Å². The SMILES string of the molecule is Cc1cccc(Cl)c1[N+]1=C(N/N=C/c2ccc(C(N)=NC=Nc3ccc(OC(F)(F)F)cc3)cc2)SCCC1. The second kappa shape index (κ2) is 12.8. The lowest BCUT2D eigenvalue weighted by atomic mass is 10.1. The Balaban J connectivity index is 1.38. The topological polar surface area (TPSA) is 87.4 Å². The monoisotopic (exact) mass is 573 g/mol. The summed E-state index contributed by atoms with van der Waals surface area (Å²) < 4.78 is 42.8. The summed E-state index contributed by atoms with van der Waals surface area (Å²) in [6.07, 6.45) is -0.751. The minimum absolute atomic E-state index is 0.234. The predicted molar refractivity (Wildman–Crippen MR) is 152 cm³/mol. The lowest BCUT2D eigenvalue weighted by Crippen LogP contribution is -2.30. The van der Waals surface area contributed by atoms with E-state index in [4.69, 9.17) is 17.3 Å². The van der Waals surface area contributed by atoms with Crippen molar-refractivity contribution in [2.75, 3.05) is 12.3 Å². The Bertz CT molecular complexity index is 1400. The zero-order valence-corrected chi connectivity index (χ0v) is 22.4. The summed E-state index contributed by atoms with van der Waals surface area (Å²) in [5.41, 5.74) is 13.2. The van der Waals surface area contributed by atoms with Gasteiger partial charge in [0.05, 0.1) is 23.5 Å². The molecule has 39 heavy (non-hydrogen) atoms. The van der Waals surface area contributed by atoms with Crippen LogP contribution in [0.3, 0.4) is 0 Å². The van der Waals surface area contributed by atoms with Crippen LogP contribution < -0.4 is 15.9 Å². The smallest absolute Gasteiger partial charge is 0.406 e. The van der Waals surface area contributed by atoms with Gasteiger partial charge in [-0.2, -0.15) is 0 Å².